The Morgan fingerprint density at radius 2 is 1.79 bits per heavy atom. The fourth-order valence-electron chi connectivity index (χ4n) is 2.66. The zero-order valence-corrected chi connectivity index (χ0v) is 13.7. The van der Waals surface area contributed by atoms with E-state index in [2.05, 4.69) is 9.97 Å². The molecule has 0 bridgehead atoms. The summed E-state index contributed by atoms with van der Waals surface area (Å²) in [6.45, 7) is 1.81. The second-order valence-electron chi connectivity index (χ2n) is 6.07. The molecule has 2 unspecified atom stereocenters. The van der Waals surface area contributed by atoms with Crippen LogP contribution in [0.4, 0.5) is 0 Å². The van der Waals surface area contributed by atoms with Crippen LogP contribution in [0.15, 0.2) is 24.3 Å². The Kier molecular flexibility index (Phi) is 6.19. The average molecular weight is 332 g/mol. The molecule has 1 heterocycles. The lowest BCUT2D eigenvalue weighted by molar-refractivity contribution is -0.138. The van der Waals surface area contributed by atoms with Crippen molar-refractivity contribution in [3.8, 4) is 0 Å². The summed E-state index contributed by atoms with van der Waals surface area (Å²) in [5, 5.41) is 19.2. The van der Waals surface area contributed by atoms with E-state index >= 15 is 0 Å². The number of nitrogens with zero attached hydrogens (tertiary/aromatic N) is 2. The average Bonchev–Trinajstić information content (AvgIpc) is 2.53. The number of fused-ring (bicyclic) bond motifs is 1. The van der Waals surface area contributed by atoms with Crippen LogP contribution < -0.4 is 11.5 Å². The number of aliphatic hydroxyl groups excluding tert-OH is 1. The molecule has 0 aliphatic carbocycles. The molecule has 2 aromatic rings. The zero-order valence-electron chi connectivity index (χ0n) is 13.7. The number of benzene rings is 1. The number of para-hydroxylation sites is 2. The molecule has 0 fully saturated rings. The fraction of sp³-hybridized carbons (Fsp3) is 0.471. The van der Waals surface area contributed by atoms with E-state index in [1.165, 1.54) is 0 Å². The summed E-state index contributed by atoms with van der Waals surface area (Å²) >= 11 is 0. The minimum absolute atomic E-state index is 0.256. The Labute approximate surface area is 140 Å². The number of rotatable bonds is 8. The molecule has 0 saturated heterocycles. The highest BCUT2D eigenvalue weighted by atomic mass is 16.4. The van der Waals surface area contributed by atoms with Gasteiger partial charge in [-0.25, -0.2) is 9.97 Å². The quantitative estimate of drug-likeness (QED) is 0.571. The molecule has 1 aromatic heterocycles. The van der Waals surface area contributed by atoms with E-state index in [-0.39, 0.29) is 6.04 Å². The van der Waals surface area contributed by atoms with Gasteiger partial charge in [-0.1, -0.05) is 12.1 Å². The van der Waals surface area contributed by atoms with Crippen LogP contribution in [0, 0.1) is 6.92 Å². The smallest absolute Gasteiger partial charge is 0.320 e. The van der Waals surface area contributed by atoms with Crippen molar-refractivity contribution < 1.29 is 15.0 Å². The van der Waals surface area contributed by atoms with E-state index in [0.717, 1.165) is 11.0 Å². The highest BCUT2D eigenvalue weighted by molar-refractivity contribution is 5.74. The number of aliphatic carboxylic acids is 1. The molecule has 130 valence electrons. The predicted molar refractivity (Wildman–Crippen MR) is 91.3 cm³/mol. The Bertz CT molecular complexity index is 707. The topological polar surface area (TPSA) is 135 Å². The molecule has 0 aliphatic heterocycles. The fourth-order valence-corrected chi connectivity index (χ4v) is 2.66. The first-order chi connectivity index (χ1) is 11.4. The standard InChI is InChI=1S/C17H24N4O3/c1-10-16(21-14-8-3-2-7-13(14)20-10)15(22)9-11(18)5-4-6-12(19)17(23)24/h2-3,7-8,11-12,15,22H,4-6,9,18-19H2,1H3,(H,23,24)/t11?,12-,15?/m0/s1. The molecular formula is C17H24N4O3. The molecule has 0 spiro atoms. The number of hydrogen-bond acceptors (Lipinski definition) is 6. The first-order valence-electron chi connectivity index (χ1n) is 8.03. The van der Waals surface area contributed by atoms with Crippen LogP contribution in [0.25, 0.3) is 11.0 Å². The van der Waals surface area contributed by atoms with Crippen LogP contribution in [-0.4, -0.2) is 38.2 Å². The largest absolute Gasteiger partial charge is 0.480 e. The lowest BCUT2D eigenvalue weighted by atomic mass is 9.99. The summed E-state index contributed by atoms with van der Waals surface area (Å²) in [6.07, 6.45) is 1.11. The molecule has 7 nitrogen and oxygen atoms in total. The number of carboxylic acid groups (broad SMARTS) is 1. The van der Waals surface area contributed by atoms with Crippen molar-refractivity contribution in [1.82, 2.24) is 9.97 Å². The molecular weight excluding hydrogens is 308 g/mol. The molecule has 0 saturated carbocycles. The van der Waals surface area contributed by atoms with E-state index in [1.807, 2.05) is 31.2 Å². The van der Waals surface area contributed by atoms with Gasteiger partial charge in [0.05, 0.1) is 28.5 Å². The van der Waals surface area contributed by atoms with Crippen LogP contribution in [0.3, 0.4) is 0 Å². The summed E-state index contributed by atoms with van der Waals surface area (Å²) in [6, 6.07) is 6.38. The van der Waals surface area contributed by atoms with Crippen LogP contribution in [0.1, 0.15) is 43.2 Å². The number of nitrogens with two attached hydrogens (primary N) is 2. The van der Waals surface area contributed by atoms with Gasteiger partial charge >= 0.3 is 5.97 Å². The van der Waals surface area contributed by atoms with Gasteiger partial charge in [0.2, 0.25) is 0 Å². The molecule has 0 aliphatic rings. The van der Waals surface area contributed by atoms with Crippen LogP contribution in [0.5, 0.6) is 0 Å². The van der Waals surface area contributed by atoms with Crippen molar-refractivity contribution in [3.05, 3.63) is 35.7 Å². The van der Waals surface area contributed by atoms with Crippen molar-refractivity contribution in [2.45, 2.75) is 50.8 Å². The van der Waals surface area contributed by atoms with Crippen LogP contribution >= 0.6 is 0 Å². The maximum Gasteiger partial charge on any atom is 0.320 e. The maximum absolute atomic E-state index is 10.7. The third kappa shape index (κ3) is 4.70. The van der Waals surface area contributed by atoms with Crippen molar-refractivity contribution in [2.75, 3.05) is 0 Å². The van der Waals surface area contributed by atoms with E-state index in [9.17, 15) is 9.90 Å². The summed E-state index contributed by atoms with van der Waals surface area (Å²) < 4.78 is 0. The number of carboxylic acids is 1. The van der Waals surface area contributed by atoms with Gasteiger partial charge in [0.25, 0.3) is 0 Å². The molecule has 2 rings (SSSR count). The number of aliphatic hydroxyl groups is 1. The van der Waals surface area contributed by atoms with Gasteiger partial charge in [0.1, 0.15) is 6.04 Å². The van der Waals surface area contributed by atoms with Crippen molar-refractivity contribution in [3.63, 3.8) is 0 Å². The minimum Gasteiger partial charge on any atom is -0.480 e. The maximum atomic E-state index is 10.7. The SMILES string of the molecule is Cc1nc2ccccc2nc1C(O)CC(N)CCC[C@H](N)C(=O)O. The van der Waals surface area contributed by atoms with E-state index in [1.54, 1.807) is 0 Å². The summed E-state index contributed by atoms with van der Waals surface area (Å²) in [7, 11) is 0. The monoisotopic (exact) mass is 332 g/mol. The second-order valence-corrected chi connectivity index (χ2v) is 6.07. The van der Waals surface area contributed by atoms with E-state index in [4.69, 9.17) is 16.6 Å². The highest BCUT2D eigenvalue weighted by Gasteiger charge is 2.18. The number of aryl methyl sites for hydroxylation is 1. The third-order valence-corrected chi connectivity index (χ3v) is 4.03. The molecule has 0 amide bonds. The summed E-state index contributed by atoms with van der Waals surface area (Å²) in [5.41, 5.74) is 14.2. The normalized spacial score (nSPS) is 15.2. The number of carbonyl (C=O) groups is 1. The van der Waals surface area contributed by atoms with Crippen molar-refractivity contribution >= 4 is 17.0 Å². The molecule has 3 atom stereocenters. The van der Waals surface area contributed by atoms with Gasteiger partial charge in [-0.15, -0.1) is 0 Å². The van der Waals surface area contributed by atoms with Gasteiger partial charge in [0.15, 0.2) is 0 Å². The zero-order chi connectivity index (χ0) is 17.7. The molecule has 24 heavy (non-hydrogen) atoms. The van der Waals surface area contributed by atoms with Crippen molar-refractivity contribution in [1.29, 1.82) is 0 Å². The number of hydrogen-bond donors (Lipinski definition) is 4. The summed E-state index contributed by atoms with van der Waals surface area (Å²) in [4.78, 5) is 19.6. The third-order valence-electron chi connectivity index (χ3n) is 4.03. The molecule has 6 N–H and O–H groups in total. The lowest BCUT2D eigenvalue weighted by Crippen LogP contribution is -2.31. The van der Waals surface area contributed by atoms with Gasteiger partial charge in [0, 0.05) is 6.04 Å². The highest BCUT2D eigenvalue weighted by Crippen LogP contribution is 2.22. The lowest BCUT2D eigenvalue weighted by Gasteiger charge is -2.18. The first kappa shape index (κ1) is 18.3. The summed E-state index contributed by atoms with van der Waals surface area (Å²) in [5.74, 6) is -1.01. The Morgan fingerprint density at radius 1 is 1.17 bits per heavy atom. The Morgan fingerprint density at radius 3 is 2.42 bits per heavy atom. The minimum atomic E-state index is -1.01. The first-order valence-corrected chi connectivity index (χ1v) is 8.03. The number of aromatic nitrogens is 2. The van der Waals surface area contributed by atoms with Gasteiger partial charge in [-0.05, 0) is 44.7 Å². The molecule has 7 heteroatoms. The Balaban J connectivity index is 1.95. The molecule has 1 aromatic carbocycles. The van der Waals surface area contributed by atoms with Crippen LogP contribution in [-0.2, 0) is 4.79 Å². The Hall–Kier alpha value is -2.09. The van der Waals surface area contributed by atoms with Gasteiger partial charge in [-0.2, -0.15) is 0 Å². The van der Waals surface area contributed by atoms with Crippen molar-refractivity contribution in [2.24, 2.45) is 11.5 Å². The predicted octanol–water partition coefficient (Wildman–Crippen LogP) is 1.27. The van der Waals surface area contributed by atoms with Gasteiger partial charge < -0.3 is 21.7 Å². The second kappa shape index (κ2) is 8.14. The van der Waals surface area contributed by atoms with Crippen LogP contribution in [0.2, 0.25) is 0 Å². The van der Waals surface area contributed by atoms with Gasteiger partial charge in [-0.3, -0.25) is 4.79 Å². The molecule has 0 radical (unpaired) electrons. The van der Waals surface area contributed by atoms with E-state index in [0.29, 0.717) is 37.1 Å². The van der Waals surface area contributed by atoms with E-state index < -0.39 is 18.1 Å².